The predicted molar refractivity (Wildman–Crippen MR) is 240 cm³/mol. The normalized spacial score (nSPS) is 15.0. The molecule has 0 atom stereocenters. The van der Waals surface area contributed by atoms with E-state index in [9.17, 15) is 60.4 Å². The van der Waals surface area contributed by atoms with Crippen molar-refractivity contribution in [3.05, 3.63) is 101 Å². The van der Waals surface area contributed by atoms with Crippen molar-refractivity contribution < 1.29 is 80.8 Å². The SMILES string of the molecule is CC(C)(C)C1=CC(=Nc2ccccc2C(F)(F)F)C(=O)C(C(C)(C)C)=C1.CC(C)(C)c1ccnc(-c2cc(C(C)(C)C)ccn2)c1.ClCCl.ClCCl.F[B-](F)(F)F.F[P-](F)(F)(F)(F)F.[Pd+2]. The molecule has 0 spiro atoms. The average Bonchev–Trinajstić information content (AvgIpc) is 3.06. The van der Waals surface area contributed by atoms with Crippen LogP contribution in [0.15, 0.2) is 89.2 Å². The number of benzene rings is 1. The van der Waals surface area contributed by atoms with E-state index in [-0.39, 0.29) is 64.5 Å². The van der Waals surface area contributed by atoms with E-state index in [2.05, 4.69) is 80.8 Å². The molecule has 4 nitrogen and oxygen atoms in total. The first-order chi connectivity index (χ1) is 28.2. The molecule has 374 valence electrons. The summed E-state index contributed by atoms with van der Waals surface area (Å²) >= 11 is 19.1. The zero-order valence-corrected chi connectivity index (χ0v) is 42.8. The number of rotatable bonds is 2. The summed E-state index contributed by atoms with van der Waals surface area (Å²) in [5.74, 6) is -0.331. The van der Waals surface area contributed by atoms with E-state index in [1.807, 2.05) is 60.0 Å². The van der Waals surface area contributed by atoms with Gasteiger partial charge >= 0.3 is 66.8 Å². The number of carbonyl (C=O) groups is 1. The number of carbonyl (C=O) groups excluding carboxylic acids is 1. The van der Waals surface area contributed by atoms with Gasteiger partial charge in [-0.1, -0.05) is 101 Å². The van der Waals surface area contributed by atoms with E-state index in [4.69, 9.17) is 46.4 Å². The zero-order valence-electron chi connectivity index (χ0n) is 37.4. The Bertz CT molecular complexity index is 2000. The summed E-state index contributed by atoms with van der Waals surface area (Å²) in [5.41, 5.74) is 4.37. The summed E-state index contributed by atoms with van der Waals surface area (Å²) in [7, 11) is -16.7. The Kier molecular flexibility index (Phi) is 25.6. The molecule has 0 aliphatic heterocycles. The van der Waals surface area contributed by atoms with Crippen LogP contribution in [0.25, 0.3) is 11.4 Å². The van der Waals surface area contributed by atoms with Gasteiger partial charge in [-0.05, 0) is 80.8 Å². The molecule has 2 aromatic heterocycles. The van der Waals surface area contributed by atoms with E-state index in [1.54, 1.807) is 6.08 Å². The van der Waals surface area contributed by atoms with Gasteiger partial charge in [-0.2, -0.15) is 13.2 Å². The van der Waals surface area contributed by atoms with Crippen LogP contribution < -0.4 is 0 Å². The van der Waals surface area contributed by atoms with Crippen molar-refractivity contribution in [2.45, 2.75) is 100 Å². The molecule has 1 aliphatic rings. The topological polar surface area (TPSA) is 55.2 Å². The van der Waals surface area contributed by atoms with Gasteiger partial charge in [0.1, 0.15) is 5.71 Å². The number of hydrogen-bond acceptors (Lipinski definition) is 4. The standard InChI is InChI=1S/C21H24F3NO.C18H24N2.2CH2Cl2.BF4.F6P.Pd/c1-19(2,3)13-11-15(20(4,5)6)18(26)17(12-13)25-16-10-8-7-9-14(16)21(22,23)24;1-17(2,3)13-7-9-19-15(11-13)16-12-14(8-10-20-16)18(4,5)6;2*2-1-3;2-1(3,4)5;1-7(2,3,4,5)6;/h7-12H,1-6H3;7-12H,1-6H3;2*1H2;;;/q;;;;2*-1;+2. The first kappa shape index (κ1) is 67.0. The number of nitrogens with zero attached hydrogens (tertiary/aromatic N) is 3. The van der Waals surface area contributed by atoms with E-state index in [1.165, 1.54) is 29.3 Å². The van der Waals surface area contributed by atoms with E-state index in [0.717, 1.165) is 23.0 Å². The number of para-hydroxylation sites is 1. The molecule has 0 saturated heterocycles. The zero-order chi connectivity index (χ0) is 51.2. The third-order valence-electron chi connectivity index (χ3n) is 7.71. The van der Waals surface area contributed by atoms with Crippen molar-refractivity contribution in [1.29, 1.82) is 0 Å². The fraction of sp³-hybridized carbons (Fsp3) is 0.463. The van der Waals surface area contributed by atoms with Gasteiger partial charge < -0.3 is 17.3 Å². The number of pyridine rings is 2. The summed E-state index contributed by atoms with van der Waals surface area (Å²) in [6.45, 7) is 25.0. The Morgan fingerprint density at radius 2 is 0.938 bits per heavy atom. The van der Waals surface area contributed by atoms with Gasteiger partial charge in [-0.25, -0.2) is 4.99 Å². The summed E-state index contributed by atoms with van der Waals surface area (Å²) in [6.07, 6.45) is 2.67. The molecule has 65 heavy (non-hydrogen) atoms. The number of aliphatic imine (C=N–C) groups is 1. The first-order valence-corrected chi connectivity index (χ1v) is 22.7. The summed E-state index contributed by atoms with van der Waals surface area (Å²) in [4.78, 5) is 26.0. The van der Waals surface area contributed by atoms with Crippen LogP contribution >= 0.6 is 54.2 Å². The number of hydrogen-bond donors (Lipinski definition) is 0. The molecule has 0 fully saturated rings. The number of Topliss-reactive ketones (excluding diaryl/α,β-unsaturated/α-hetero) is 1. The van der Waals surface area contributed by atoms with Crippen molar-refractivity contribution in [3.8, 4) is 11.4 Å². The average molecular weight is 1140 g/mol. The Labute approximate surface area is 406 Å². The summed E-state index contributed by atoms with van der Waals surface area (Å²) in [5, 5.41) is 0.389. The quantitative estimate of drug-likeness (QED) is 0.0845. The number of aromatic nitrogens is 2. The van der Waals surface area contributed by atoms with Gasteiger partial charge in [0.2, 0.25) is 5.78 Å². The molecule has 1 aliphatic carbocycles. The molecule has 0 bridgehead atoms. The molecule has 3 aromatic rings. The van der Waals surface area contributed by atoms with Crippen LogP contribution in [0.1, 0.15) is 99.8 Å². The minimum atomic E-state index is -10.7. The van der Waals surface area contributed by atoms with Crippen LogP contribution in [0.5, 0.6) is 0 Å². The maximum Gasteiger partial charge on any atom is 2.00 e. The predicted octanol–water partition coefficient (Wildman–Crippen LogP) is 18.6. The van der Waals surface area contributed by atoms with Crippen molar-refractivity contribution >= 4 is 78.6 Å². The fourth-order valence-corrected chi connectivity index (χ4v) is 4.70. The smallest absolute Gasteiger partial charge is 2.00 e. The molecule has 0 unspecified atom stereocenters. The molecular formula is C41H52BCl4F13N3OPPd. The van der Waals surface area contributed by atoms with E-state index in [0.29, 0.717) is 5.57 Å². The second kappa shape index (κ2) is 24.9. The number of halogens is 17. The molecular weight excluding hydrogens is 1090 g/mol. The number of alkyl halides is 7. The summed E-state index contributed by atoms with van der Waals surface area (Å²) in [6, 6.07) is 13.5. The Hall–Kier alpha value is -2.25. The molecule has 24 heteroatoms. The maximum absolute atomic E-state index is 13.3. The molecule has 0 radical (unpaired) electrons. The second-order valence-electron chi connectivity index (χ2n) is 17.5. The first-order valence-electron chi connectivity index (χ1n) is 18.5. The van der Waals surface area contributed by atoms with Gasteiger partial charge in [0.15, 0.2) is 0 Å². The van der Waals surface area contributed by atoms with Gasteiger partial charge in [0.05, 0.1) is 33.3 Å². The minimum absolute atomic E-state index is 0. The molecule has 2 heterocycles. The van der Waals surface area contributed by atoms with Crippen LogP contribution in [-0.2, 0) is 42.2 Å². The van der Waals surface area contributed by atoms with E-state index < -0.39 is 32.2 Å². The van der Waals surface area contributed by atoms with Crippen molar-refractivity contribution in [3.63, 3.8) is 0 Å². The van der Waals surface area contributed by atoms with Gasteiger partial charge in [0.25, 0.3) is 0 Å². The van der Waals surface area contributed by atoms with Crippen LogP contribution in [-0.4, -0.2) is 39.4 Å². The Morgan fingerprint density at radius 1 is 0.600 bits per heavy atom. The number of allylic oxidation sites excluding steroid dienone is 4. The third kappa shape index (κ3) is 32.2. The van der Waals surface area contributed by atoms with Crippen LogP contribution in [0.2, 0.25) is 0 Å². The second-order valence-corrected chi connectivity index (χ2v) is 21.0. The molecule has 1 aromatic carbocycles. The largest absolute Gasteiger partial charge is 2.00 e. The van der Waals surface area contributed by atoms with Crippen molar-refractivity contribution in [2.24, 2.45) is 15.8 Å². The minimum Gasteiger partial charge on any atom is 2.00 e. The van der Waals surface area contributed by atoms with Crippen LogP contribution in [0.4, 0.5) is 61.3 Å². The van der Waals surface area contributed by atoms with Crippen molar-refractivity contribution in [1.82, 2.24) is 9.97 Å². The maximum atomic E-state index is 13.3. The van der Waals surface area contributed by atoms with Gasteiger partial charge in [0, 0.05) is 18.0 Å². The molecule has 0 N–H and O–H groups in total. The Morgan fingerprint density at radius 3 is 1.23 bits per heavy atom. The molecule has 0 saturated carbocycles. The van der Waals surface area contributed by atoms with Crippen LogP contribution in [0, 0.1) is 10.8 Å². The fourth-order valence-electron chi connectivity index (χ4n) is 4.70. The Balaban J connectivity index is -0.000000864. The third-order valence-corrected chi connectivity index (χ3v) is 7.71. The monoisotopic (exact) mass is 1140 g/mol. The van der Waals surface area contributed by atoms with Gasteiger partial charge in [-0.15, -0.1) is 46.4 Å². The van der Waals surface area contributed by atoms with Crippen molar-refractivity contribution in [2.75, 3.05) is 10.7 Å². The number of ketones is 1. The van der Waals surface area contributed by atoms with Gasteiger partial charge in [-0.3, -0.25) is 14.8 Å². The summed E-state index contributed by atoms with van der Waals surface area (Å²) < 4.78 is 138. The molecule has 4 rings (SSSR count). The van der Waals surface area contributed by atoms with E-state index >= 15 is 0 Å². The van der Waals surface area contributed by atoms with Crippen LogP contribution in [0.3, 0.4) is 0 Å². The molecule has 0 amide bonds.